The van der Waals surface area contributed by atoms with Crippen molar-refractivity contribution in [1.29, 1.82) is 0 Å². The largest absolute Gasteiger partial charge is 0.466 e. The molecule has 0 radical (unpaired) electrons. The van der Waals surface area contributed by atoms with Gasteiger partial charge < -0.3 is 20.3 Å². The van der Waals surface area contributed by atoms with Crippen molar-refractivity contribution in [1.82, 2.24) is 5.32 Å². The number of carbonyl (C=O) groups is 2. The Bertz CT molecular complexity index is 1400. The number of hydrogen-bond donors (Lipinski definition) is 3. The zero-order valence-corrected chi connectivity index (χ0v) is 56.6. The van der Waals surface area contributed by atoms with E-state index in [1.165, 1.54) is 334 Å². The summed E-state index contributed by atoms with van der Waals surface area (Å²) in [6.45, 7) is 4.89. The first-order valence-electron chi connectivity index (χ1n) is 37.9. The van der Waals surface area contributed by atoms with E-state index in [-0.39, 0.29) is 18.5 Å². The summed E-state index contributed by atoms with van der Waals surface area (Å²) in [4.78, 5) is 24.5. The fourth-order valence-corrected chi connectivity index (χ4v) is 11.8. The van der Waals surface area contributed by atoms with Crippen molar-refractivity contribution in [2.45, 2.75) is 424 Å². The lowest BCUT2D eigenvalue weighted by atomic mass is 10.0. The summed E-state index contributed by atoms with van der Waals surface area (Å²) in [6, 6.07) is -0.623. The minimum absolute atomic E-state index is 0.0151. The average Bonchev–Trinajstić information content (AvgIpc) is 3.51. The lowest BCUT2D eigenvalue weighted by Gasteiger charge is -2.20. The number of nitrogens with one attached hydrogen (secondary N) is 1. The molecule has 6 heteroatoms. The van der Waals surface area contributed by atoms with E-state index in [1.807, 2.05) is 6.08 Å². The Morgan fingerprint density at radius 2 is 0.595 bits per heavy atom. The van der Waals surface area contributed by atoms with Gasteiger partial charge in [-0.2, -0.15) is 0 Å². The van der Waals surface area contributed by atoms with E-state index >= 15 is 0 Å². The van der Waals surface area contributed by atoms with Gasteiger partial charge in [0.15, 0.2) is 0 Å². The van der Waals surface area contributed by atoms with Gasteiger partial charge in [-0.25, -0.2) is 0 Å². The first-order valence-corrected chi connectivity index (χ1v) is 37.9. The molecule has 0 saturated heterocycles. The number of aliphatic hydroxyl groups is 2. The van der Waals surface area contributed by atoms with Crippen molar-refractivity contribution >= 4 is 11.9 Å². The van der Waals surface area contributed by atoms with Crippen LogP contribution in [0.5, 0.6) is 0 Å². The van der Waals surface area contributed by atoms with Crippen LogP contribution in [0.25, 0.3) is 0 Å². The van der Waals surface area contributed by atoms with Crippen LogP contribution in [0.15, 0.2) is 48.6 Å². The lowest BCUT2D eigenvalue weighted by molar-refractivity contribution is -0.143. The predicted molar refractivity (Wildman–Crippen MR) is 370 cm³/mol. The molecule has 6 nitrogen and oxygen atoms in total. The van der Waals surface area contributed by atoms with Crippen molar-refractivity contribution in [2.75, 3.05) is 13.2 Å². The van der Waals surface area contributed by atoms with Gasteiger partial charge in [0.2, 0.25) is 5.91 Å². The van der Waals surface area contributed by atoms with Gasteiger partial charge in [-0.3, -0.25) is 9.59 Å². The van der Waals surface area contributed by atoms with E-state index < -0.39 is 12.1 Å². The third-order valence-electron chi connectivity index (χ3n) is 17.6. The van der Waals surface area contributed by atoms with Crippen LogP contribution in [0.3, 0.4) is 0 Å². The first kappa shape index (κ1) is 81.8. The Morgan fingerprint density at radius 1 is 0.333 bits per heavy atom. The molecule has 0 aromatic carbocycles. The maximum atomic E-state index is 12.4. The summed E-state index contributed by atoms with van der Waals surface area (Å²) in [7, 11) is 0. The second kappa shape index (κ2) is 73.3. The van der Waals surface area contributed by atoms with Gasteiger partial charge >= 0.3 is 5.97 Å². The fourth-order valence-electron chi connectivity index (χ4n) is 11.8. The molecule has 0 aromatic rings. The van der Waals surface area contributed by atoms with Gasteiger partial charge in [0.25, 0.3) is 0 Å². The van der Waals surface area contributed by atoms with E-state index in [0.717, 1.165) is 51.4 Å². The summed E-state index contributed by atoms with van der Waals surface area (Å²) in [5.41, 5.74) is 0. The molecular formula is C78H147NO5. The monoisotopic (exact) mass is 1180 g/mol. The molecule has 494 valence electrons. The quantitative estimate of drug-likeness (QED) is 0.0320. The molecule has 0 heterocycles. The third kappa shape index (κ3) is 68.9. The van der Waals surface area contributed by atoms with E-state index in [2.05, 4.69) is 55.6 Å². The molecule has 84 heavy (non-hydrogen) atoms. The van der Waals surface area contributed by atoms with Crippen molar-refractivity contribution in [3.8, 4) is 0 Å². The van der Waals surface area contributed by atoms with E-state index in [1.54, 1.807) is 6.08 Å². The maximum Gasteiger partial charge on any atom is 0.305 e. The van der Waals surface area contributed by atoms with Crippen LogP contribution >= 0.6 is 0 Å². The molecule has 2 unspecified atom stereocenters. The molecule has 0 fully saturated rings. The summed E-state index contributed by atoms with van der Waals surface area (Å²) in [6.07, 6.45) is 96.7. The van der Waals surface area contributed by atoms with Gasteiger partial charge in [-0.1, -0.05) is 358 Å². The summed E-state index contributed by atoms with van der Waals surface area (Å²) in [5, 5.41) is 23.0. The molecule has 0 aliphatic carbocycles. The molecule has 2 atom stereocenters. The second-order valence-electron chi connectivity index (χ2n) is 26.0. The van der Waals surface area contributed by atoms with E-state index in [4.69, 9.17) is 4.74 Å². The van der Waals surface area contributed by atoms with Crippen molar-refractivity contribution < 1.29 is 24.5 Å². The smallest absolute Gasteiger partial charge is 0.305 e. The second-order valence-corrected chi connectivity index (χ2v) is 26.0. The van der Waals surface area contributed by atoms with E-state index in [0.29, 0.717) is 19.4 Å². The van der Waals surface area contributed by atoms with Crippen LogP contribution in [-0.2, 0) is 14.3 Å². The standard InChI is InChI=1S/C78H147NO5/c1-3-5-7-9-11-13-15-16-17-18-43-46-49-52-56-60-64-68-72-78(83)84-73-69-65-61-57-53-50-47-44-41-39-37-35-33-31-29-27-25-23-21-19-20-22-24-26-28-30-32-34-36-38-40-42-45-48-51-55-59-63-67-71-77(82)79-75(74-80)76(81)70-66-62-58-54-14-12-10-8-6-4-2/h13,15,17-20,66,70,75-76,80-81H,3-12,14,16,21-65,67-69,71-74H2,1-2H3,(H,79,82)/b15-13-,18-17-,20-19-,70-66+. The number of ether oxygens (including phenoxy) is 1. The molecule has 0 spiro atoms. The normalized spacial score (nSPS) is 12.8. The Morgan fingerprint density at radius 3 is 0.929 bits per heavy atom. The van der Waals surface area contributed by atoms with Crippen LogP contribution in [0, 0.1) is 0 Å². The Labute approximate surface area is 525 Å². The minimum atomic E-state index is -0.840. The average molecular weight is 1180 g/mol. The molecule has 0 saturated carbocycles. The molecule has 0 bridgehead atoms. The van der Waals surface area contributed by atoms with Crippen molar-refractivity contribution in [2.24, 2.45) is 0 Å². The van der Waals surface area contributed by atoms with Crippen LogP contribution in [-0.4, -0.2) is 47.4 Å². The number of carbonyl (C=O) groups excluding carboxylic acids is 2. The molecule has 0 aliphatic rings. The highest BCUT2D eigenvalue weighted by Crippen LogP contribution is 2.19. The fraction of sp³-hybridized carbons (Fsp3) is 0.872. The number of allylic oxidation sites excluding steroid dienone is 7. The number of rotatable bonds is 71. The summed E-state index contributed by atoms with van der Waals surface area (Å²) >= 11 is 0. The highest BCUT2D eigenvalue weighted by Gasteiger charge is 2.18. The zero-order chi connectivity index (χ0) is 60.6. The number of amides is 1. The number of hydrogen-bond acceptors (Lipinski definition) is 5. The first-order chi connectivity index (χ1) is 41.5. The Hall–Kier alpha value is -2.18. The van der Waals surface area contributed by atoms with E-state index in [9.17, 15) is 19.8 Å². The third-order valence-corrected chi connectivity index (χ3v) is 17.6. The highest BCUT2D eigenvalue weighted by molar-refractivity contribution is 5.76. The van der Waals surface area contributed by atoms with Gasteiger partial charge in [-0.05, 0) is 89.9 Å². The summed E-state index contributed by atoms with van der Waals surface area (Å²) < 4.78 is 5.51. The van der Waals surface area contributed by atoms with Gasteiger partial charge in [0, 0.05) is 12.8 Å². The van der Waals surface area contributed by atoms with Gasteiger partial charge in [0.05, 0.1) is 25.4 Å². The summed E-state index contributed by atoms with van der Waals surface area (Å²) in [5.74, 6) is -0.0491. The zero-order valence-electron chi connectivity index (χ0n) is 56.6. The highest BCUT2D eigenvalue weighted by atomic mass is 16.5. The predicted octanol–water partition coefficient (Wildman–Crippen LogP) is 24.8. The van der Waals surface area contributed by atoms with Crippen LogP contribution in [0.4, 0.5) is 0 Å². The minimum Gasteiger partial charge on any atom is -0.466 e. The molecule has 1 amide bonds. The topological polar surface area (TPSA) is 95.9 Å². The number of unbranched alkanes of at least 4 members (excludes halogenated alkanes) is 54. The number of esters is 1. The molecule has 0 aliphatic heterocycles. The lowest BCUT2D eigenvalue weighted by Crippen LogP contribution is -2.45. The van der Waals surface area contributed by atoms with Gasteiger partial charge in [-0.15, -0.1) is 0 Å². The molecule has 0 aromatic heterocycles. The maximum absolute atomic E-state index is 12.4. The Kier molecular flexibility index (Phi) is 71.4. The van der Waals surface area contributed by atoms with Gasteiger partial charge in [0.1, 0.15) is 0 Å². The van der Waals surface area contributed by atoms with Crippen LogP contribution < -0.4 is 5.32 Å². The SMILES string of the molecule is CCCCCC/C=C\C/C=C\CCCCCCCCCC(=O)OCCCCCCCCCCCCCCCCCCCC/C=C\CCCCCCCCCCCCCCCCCCCC(=O)NC(CO)C(O)/C=C/CCCCCCCCCC. The van der Waals surface area contributed by atoms with Crippen molar-refractivity contribution in [3.63, 3.8) is 0 Å². The van der Waals surface area contributed by atoms with Crippen molar-refractivity contribution in [3.05, 3.63) is 48.6 Å². The molecule has 3 N–H and O–H groups in total. The van der Waals surface area contributed by atoms with Crippen LogP contribution in [0.2, 0.25) is 0 Å². The molecule has 0 rings (SSSR count). The molecular weight excluding hydrogens is 1030 g/mol. The van der Waals surface area contributed by atoms with Crippen LogP contribution in [0.1, 0.15) is 412 Å². The number of aliphatic hydroxyl groups excluding tert-OH is 2. The Balaban J connectivity index is 3.31.